The van der Waals surface area contributed by atoms with Crippen LogP contribution in [0.25, 0.3) is 0 Å². The number of aryl methyl sites for hydroxylation is 1. The SMILES string of the molecule is Cc1ccc(Br)cc1C(=O)c1cc(Cl)sc1Cl. The average Bonchev–Trinajstić information content (AvgIpc) is 2.60. The predicted octanol–water partition coefficient (Wildman–Crippen LogP) is 5.36. The fourth-order valence-corrected chi connectivity index (χ4v) is 3.30. The number of benzene rings is 1. The zero-order chi connectivity index (χ0) is 12.6. The summed E-state index contributed by atoms with van der Waals surface area (Å²) in [6.07, 6.45) is 0. The molecular formula is C12H7BrCl2OS. The van der Waals surface area contributed by atoms with E-state index in [9.17, 15) is 4.79 Å². The molecule has 0 saturated heterocycles. The van der Waals surface area contributed by atoms with E-state index in [0.29, 0.717) is 19.8 Å². The third-order valence-corrected chi connectivity index (χ3v) is 4.33. The van der Waals surface area contributed by atoms with Crippen molar-refractivity contribution in [3.05, 3.63) is 54.1 Å². The van der Waals surface area contributed by atoms with Crippen LogP contribution in [0.4, 0.5) is 0 Å². The Morgan fingerprint density at radius 1 is 1.24 bits per heavy atom. The average molecular weight is 350 g/mol. The van der Waals surface area contributed by atoms with Crippen molar-refractivity contribution >= 4 is 56.3 Å². The van der Waals surface area contributed by atoms with Gasteiger partial charge < -0.3 is 0 Å². The molecule has 0 fully saturated rings. The minimum atomic E-state index is -0.100. The summed E-state index contributed by atoms with van der Waals surface area (Å²) in [4.78, 5) is 12.3. The van der Waals surface area contributed by atoms with E-state index in [1.54, 1.807) is 12.1 Å². The minimum absolute atomic E-state index is 0.100. The molecule has 5 heteroatoms. The fraction of sp³-hybridized carbons (Fsp3) is 0.0833. The first kappa shape index (κ1) is 13.1. The van der Waals surface area contributed by atoms with Gasteiger partial charge in [0.15, 0.2) is 5.78 Å². The van der Waals surface area contributed by atoms with E-state index in [1.165, 1.54) is 11.3 Å². The molecule has 0 bridgehead atoms. The van der Waals surface area contributed by atoms with E-state index in [-0.39, 0.29) is 5.78 Å². The van der Waals surface area contributed by atoms with Crippen LogP contribution >= 0.6 is 50.5 Å². The molecule has 0 aliphatic rings. The van der Waals surface area contributed by atoms with Crippen molar-refractivity contribution in [2.24, 2.45) is 0 Å². The molecule has 1 aromatic heterocycles. The maximum Gasteiger partial charge on any atom is 0.195 e. The molecule has 0 radical (unpaired) electrons. The van der Waals surface area contributed by atoms with Gasteiger partial charge in [-0.1, -0.05) is 45.2 Å². The molecule has 88 valence electrons. The van der Waals surface area contributed by atoms with Crippen LogP contribution in [0.15, 0.2) is 28.7 Å². The lowest BCUT2D eigenvalue weighted by Gasteiger charge is -2.04. The Bertz CT molecular complexity index is 592. The Morgan fingerprint density at radius 3 is 2.53 bits per heavy atom. The van der Waals surface area contributed by atoms with Gasteiger partial charge in [-0.3, -0.25) is 4.79 Å². The standard InChI is InChI=1S/C12H7BrCl2OS/c1-6-2-3-7(13)4-8(6)11(16)9-5-10(14)17-12(9)15/h2-5H,1H3. The van der Waals surface area contributed by atoms with E-state index >= 15 is 0 Å². The lowest BCUT2D eigenvalue weighted by Crippen LogP contribution is -2.02. The quantitative estimate of drug-likeness (QED) is 0.667. The molecule has 17 heavy (non-hydrogen) atoms. The zero-order valence-corrected chi connectivity index (χ0v) is 12.7. The number of thiophene rings is 1. The summed E-state index contributed by atoms with van der Waals surface area (Å²) in [7, 11) is 0. The van der Waals surface area contributed by atoms with E-state index in [1.807, 2.05) is 19.1 Å². The van der Waals surface area contributed by atoms with Crippen molar-refractivity contribution in [2.45, 2.75) is 6.92 Å². The molecule has 0 atom stereocenters. The smallest absolute Gasteiger partial charge is 0.195 e. The van der Waals surface area contributed by atoms with Gasteiger partial charge >= 0.3 is 0 Å². The van der Waals surface area contributed by atoms with Crippen LogP contribution < -0.4 is 0 Å². The van der Waals surface area contributed by atoms with Gasteiger partial charge in [-0.15, -0.1) is 11.3 Å². The van der Waals surface area contributed by atoms with E-state index in [0.717, 1.165) is 10.0 Å². The van der Waals surface area contributed by atoms with E-state index in [2.05, 4.69) is 15.9 Å². The zero-order valence-electron chi connectivity index (χ0n) is 8.76. The Labute approximate surface area is 121 Å². The van der Waals surface area contributed by atoms with E-state index < -0.39 is 0 Å². The van der Waals surface area contributed by atoms with Crippen LogP contribution in [-0.2, 0) is 0 Å². The van der Waals surface area contributed by atoms with Crippen LogP contribution in [0, 0.1) is 6.92 Å². The van der Waals surface area contributed by atoms with Crippen LogP contribution in [0.2, 0.25) is 8.67 Å². The molecule has 1 nitrogen and oxygen atoms in total. The van der Waals surface area contributed by atoms with Gasteiger partial charge in [0.1, 0.15) is 4.34 Å². The summed E-state index contributed by atoms with van der Waals surface area (Å²) >= 11 is 16.4. The maximum absolute atomic E-state index is 12.3. The van der Waals surface area contributed by atoms with Crippen LogP contribution in [0.1, 0.15) is 21.5 Å². The summed E-state index contributed by atoms with van der Waals surface area (Å²) in [6.45, 7) is 1.89. The van der Waals surface area contributed by atoms with Crippen molar-refractivity contribution in [3.63, 3.8) is 0 Å². The third-order valence-electron chi connectivity index (χ3n) is 2.35. The van der Waals surface area contributed by atoms with E-state index in [4.69, 9.17) is 23.2 Å². The summed E-state index contributed by atoms with van der Waals surface area (Å²) in [5, 5.41) is 0. The number of hydrogen-bond acceptors (Lipinski definition) is 2. The van der Waals surface area contributed by atoms with Crippen LogP contribution in [-0.4, -0.2) is 5.78 Å². The van der Waals surface area contributed by atoms with Gasteiger partial charge in [-0.2, -0.15) is 0 Å². The van der Waals surface area contributed by atoms with Gasteiger partial charge in [0.05, 0.1) is 9.90 Å². The van der Waals surface area contributed by atoms with Gasteiger partial charge in [0.25, 0.3) is 0 Å². The van der Waals surface area contributed by atoms with Gasteiger partial charge in [-0.25, -0.2) is 0 Å². The maximum atomic E-state index is 12.3. The first-order chi connectivity index (χ1) is 7.99. The van der Waals surface area contributed by atoms with Crippen LogP contribution in [0.5, 0.6) is 0 Å². The summed E-state index contributed by atoms with van der Waals surface area (Å²) in [5.41, 5.74) is 2.01. The number of carbonyl (C=O) groups excluding carboxylic acids is 1. The number of ketones is 1. The minimum Gasteiger partial charge on any atom is -0.289 e. The Kier molecular flexibility index (Phi) is 3.93. The number of halogens is 3. The Balaban J connectivity index is 2.50. The van der Waals surface area contributed by atoms with Gasteiger partial charge in [0, 0.05) is 10.0 Å². The number of carbonyl (C=O) groups is 1. The molecule has 0 amide bonds. The topological polar surface area (TPSA) is 17.1 Å². The molecule has 0 N–H and O–H groups in total. The monoisotopic (exact) mass is 348 g/mol. The molecular weight excluding hydrogens is 343 g/mol. The molecule has 0 spiro atoms. The van der Waals surface area contributed by atoms with Crippen molar-refractivity contribution in [1.29, 1.82) is 0 Å². The number of hydrogen-bond donors (Lipinski definition) is 0. The Hall–Kier alpha value is -0.350. The fourth-order valence-electron chi connectivity index (χ4n) is 1.48. The highest BCUT2D eigenvalue weighted by molar-refractivity contribution is 9.10. The largest absolute Gasteiger partial charge is 0.289 e. The molecule has 2 rings (SSSR count). The normalized spacial score (nSPS) is 10.6. The lowest BCUT2D eigenvalue weighted by atomic mass is 10.0. The molecule has 0 saturated carbocycles. The predicted molar refractivity (Wildman–Crippen MR) is 76.7 cm³/mol. The number of rotatable bonds is 2. The Morgan fingerprint density at radius 2 is 1.94 bits per heavy atom. The van der Waals surface area contributed by atoms with Gasteiger partial charge in [0.2, 0.25) is 0 Å². The molecule has 2 aromatic rings. The molecule has 0 unspecified atom stereocenters. The second kappa shape index (κ2) is 5.11. The highest BCUT2D eigenvalue weighted by Gasteiger charge is 2.17. The second-order valence-corrected chi connectivity index (χ2v) is 6.73. The third kappa shape index (κ3) is 2.74. The summed E-state index contributed by atoms with van der Waals surface area (Å²) in [6, 6.07) is 7.18. The molecule has 1 aromatic carbocycles. The molecule has 0 aliphatic carbocycles. The van der Waals surface area contributed by atoms with Crippen molar-refractivity contribution in [1.82, 2.24) is 0 Å². The van der Waals surface area contributed by atoms with Crippen molar-refractivity contribution in [2.75, 3.05) is 0 Å². The highest BCUT2D eigenvalue weighted by Crippen LogP contribution is 2.33. The van der Waals surface area contributed by atoms with Gasteiger partial charge in [-0.05, 0) is 30.7 Å². The van der Waals surface area contributed by atoms with Crippen molar-refractivity contribution in [3.8, 4) is 0 Å². The summed E-state index contributed by atoms with van der Waals surface area (Å²) < 4.78 is 1.81. The first-order valence-electron chi connectivity index (χ1n) is 4.74. The first-order valence-corrected chi connectivity index (χ1v) is 7.11. The summed E-state index contributed by atoms with van der Waals surface area (Å²) in [5.74, 6) is -0.100. The second-order valence-electron chi connectivity index (χ2n) is 3.53. The highest BCUT2D eigenvalue weighted by atomic mass is 79.9. The van der Waals surface area contributed by atoms with Crippen LogP contribution in [0.3, 0.4) is 0 Å². The molecule has 1 heterocycles. The molecule has 0 aliphatic heterocycles. The lowest BCUT2D eigenvalue weighted by molar-refractivity contribution is 0.103. The van der Waals surface area contributed by atoms with Crippen molar-refractivity contribution < 1.29 is 4.79 Å².